The van der Waals surface area contributed by atoms with Crippen LogP contribution in [0, 0.1) is 18.8 Å². The average molecular weight is 483 g/mol. The molecule has 0 saturated carbocycles. The predicted octanol–water partition coefficient (Wildman–Crippen LogP) is 5.00. The smallest absolute Gasteiger partial charge is 0.253 e. The molecule has 1 N–H and O–H groups in total. The number of benzene rings is 2. The van der Waals surface area contributed by atoms with Crippen molar-refractivity contribution in [3.05, 3.63) is 83.7 Å². The number of oxazole rings is 1. The van der Waals surface area contributed by atoms with Crippen molar-refractivity contribution in [1.82, 2.24) is 20.2 Å². The normalized spacial score (nSPS) is 15.1. The largest absolute Gasteiger partial charge is 0.436 e. The van der Waals surface area contributed by atoms with Gasteiger partial charge in [-0.1, -0.05) is 30.7 Å². The molecule has 1 fully saturated rings. The molecule has 1 saturated heterocycles. The van der Waals surface area contributed by atoms with E-state index in [1.54, 1.807) is 18.3 Å². The van der Waals surface area contributed by atoms with E-state index < -0.39 is 0 Å². The van der Waals surface area contributed by atoms with Crippen molar-refractivity contribution in [1.29, 1.82) is 0 Å². The topological polar surface area (TPSA) is 88.3 Å². The Kier molecular flexibility index (Phi) is 6.80. The molecule has 1 aliphatic rings. The molecule has 7 nitrogen and oxygen atoms in total. The number of hydrogen-bond donors (Lipinski definition) is 1. The summed E-state index contributed by atoms with van der Waals surface area (Å²) in [7, 11) is 0. The lowest BCUT2D eigenvalue weighted by molar-refractivity contribution is -0.126. The number of hydrogen-bond acceptors (Lipinski definition) is 5. The highest BCUT2D eigenvalue weighted by molar-refractivity contribution is 5.97. The molecule has 1 aliphatic heterocycles. The van der Waals surface area contributed by atoms with Gasteiger partial charge in [-0.15, -0.1) is 0 Å². The highest BCUT2D eigenvalue weighted by atomic mass is 16.3. The second-order valence-corrected chi connectivity index (χ2v) is 9.52. The minimum Gasteiger partial charge on any atom is -0.436 e. The number of likely N-dealkylation sites (tertiary alicyclic amines) is 1. The zero-order valence-electron chi connectivity index (χ0n) is 20.6. The molecule has 5 rings (SSSR count). The summed E-state index contributed by atoms with van der Waals surface area (Å²) in [4.78, 5) is 36.6. The number of piperidine rings is 1. The molecule has 2 aromatic carbocycles. The van der Waals surface area contributed by atoms with Gasteiger partial charge in [0, 0.05) is 36.3 Å². The third kappa shape index (κ3) is 5.15. The van der Waals surface area contributed by atoms with Crippen LogP contribution in [0.2, 0.25) is 0 Å². The van der Waals surface area contributed by atoms with Crippen molar-refractivity contribution in [2.75, 3.05) is 13.1 Å². The number of aryl methyl sites for hydroxylation is 1. The van der Waals surface area contributed by atoms with E-state index in [0.717, 1.165) is 24.1 Å². The van der Waals surface area contributed by atoms with Crippen LogP contribution in [0.25, 0.3) is 22.6 Å². The zero-order valence-corrected chi connectivity index (χ0v) is 20.6. The summed E-state index contributed by atoms with van der Waals surface area (Å²) in [5.41, 5.74) is 4.85. The highest BCUT2D eigenvalue weighted by Gasteiger charge is 2.30. The molecule has 0 radical (unpaired) electrons. The van der Waals surface area contributed by atoms with Crippen LogP contribution in [0.3, 0.4) is 0 Å². The van der Waals surface area contributed by atoms with Gasteiger partial charge in [0.25, 0.3) is 5.91 Å². The summed E-state index contributed by atoms with van der Waals surface area (Å²) in [5, 5.41) is 2.99. The number of amides is 2. The number of nitrogens with zero attached hydrogens (tertiary/aromatic N) is 3. The van der Waals surface area contributed by atoms with Crippen molar-refractivity contribution in [3.8, 4) is 11.5 Å². The first-order valence-corrected chi connectivity index (χ1v) is 12.4. The molecular formula is C29H30N4O3. The van der Waals surface area contributed by atoms with E-state index in [0.29, 0.717) is 42.2 Å². The molecular weight excluding hydrogens is 452 g/mol. The SMILES string of the molecule is Cc1ccc(-c2nc3cc(C(=O)N4CCC([C@@H](C)C(=O)NCc5ccccn5)CC4)ccc3o2)cc1. The summed E-state index contributed by atoms with van der Waals surface area (Å²) >= 11 is 0. The minimum absolute atomic E-state index is 0.0116. The van der Waals surface area contributed by atoms with Crippen molar-refractivity contribution in [2.45, 2.75) is 33.2 Å². The van der Waals surface area contributed by atoms with E-state index in [-0.39, 0.29) is 23.7 Å². The van der Waals surface area contributed by atoms with Crippen molar-refractivity contribution < 1.29 is 14.0 Å². The number of rotatable bonds is 6. The molecule has 2 aromatic heterocycles. The van der Waals surface area contributed by atoms with Gasteiger partial charge in [-0.2, -0.15) is 0 Å². The van der Waals surface area contributed by atoms with Gasteiger partial charge < -0.3 is 14.6 Å². The number of aromatic nitrogens is 2. The number of carbonyl (C=O) groups excluding carboxylic acids is 2. The Labute approximate surface area is 210 Å². The van der Waals surface area contributed by atoms with Crippen LogP contribution < -0.4 is 5.32 Å². The summed E-state index contributed by atoms with van der Waals surface area (Å²) in [6, 6.07) is 19.1. The van der Waals surface area contributed by atoms with Crippen LogP contribution >= 0.6 is 0 Å². The summed E-state index contributed by atoms with van der Waals surface area (Å²) in [6.45, 7) is 5.70. The number of nitrogens with one attached hydrogen (secondary N) is 1. The summed E-state index contributed by atoms with van der Waals surface area (Å²) in [5.74, 6) is 0.699. The van der Waals surface area contributed by atoms with Gasteiger partial charge in [0.1, 0.15) is 5.52 Å². The average Bonchev–Trinajstić information content (AvgIpc) is 3.35. The Bertz CT molecular complexity index is 1360. The molecule has 0 bridgehead atoms. The number of fused-ring (bicyclic) bond motifs is 1. The van der Waals surface area contributed by atoms with Gasteiger partial charge in [-0.05, 0) is 68.1 Å². The van der Waals surface area contributed by atoms with Crippen LogP contribution in [0.15, 0.2) is 71.3 Å². The standard InChI is InChI=1S/C29H30N4O3/c1-19-6-8-22(9-7-19)28-32-25-17-23(10-11-26(25)36-28)29(35)33-15-12-21(13-16-33)20(2)27(34)31-18-24-5-3-4-14-30-24/h3-11,14,17,20-21H,12-13,15-16,18H2,1-2H3,(H,31,34)/t20-/m1/s1. The molecule has 4 aromatic rings. The van der Waals surface area contributed by atoms with Crippen LogP contribution in [0.4, 0.5) is 0 Å². The Morgan fingerprint density at radius 3 is 2.58 bits per heavy atom. The molecule has 0 spiro atoms. The zero-order chi connectivity index (χ0) is 25.1. The third-order valence-corrected chi connectivity index (χ3v) is 7.05. The molecule has 184 valence electrons. The van der Waals surface area contributed by atoms with Gasteiger partial charge in [0.15, 0.2) is 5.58 Å². The maximum atomic E-state index is 13.2. The molecule has 7 heteroatoms. The molecule has 3 heterocycles. The van der Waals surface area contributed by atoms with E-state index in [4.69, 9.17) is 4.42 Å². The Hall–Kier alpha value is -4.00. The highest BCUT2D eigenvalue weighted by Crippen LogP contribution is 2.28. The van der Waals surface area contributed by atoms with Crippen molar-refractivity contribution in [2.24, 2.45) is 11.8 Å². The Morgan fingerprint density at radius 2 is 1.86 bits per heavy atom. The number of pyridine rings is 1. The minimum atomic E-state index is -0.113. The van der Waals surface area contributed by atoms with E-state index in [1.165, 1.54) is 5.56 Å². The first kappa shape index (κ1) is 23.7. The fourth-order valence-corrected chi connectivity index (χ4v) is 4.72. The molecule has 1 atom stereocenters. The molecule has 36 heavy (non-hydrogen) atoms. The second-order valence-electron chi connectivity index (χ2n) is 9.52. The fourth-order valence-electron chi connectivity index (χ4n) is 4.72. The lowest BCUT2D eigenvalue weighted by Crippen LogP contribution is -2.42. The van der Waals surface area contributed by atoms with Crippen LogP contribution in [-0.4, -0.2) is 39.8 Å². The summed E-state index contributed by atoms with van der Waals surface area (Å²) in [6.07, 6.45) is 3.32. The molecule has 2 amide bonds. The van der Waals surface area contributed by atoms with Gasteiger partial charge in [-0.25, -0.2) is 4.98 Å². The van der Waals surface area contributed by atoms with E-state index in [1.807, 2.05) is 67.3 Å². The quantitative estimate of drug-likeness (QED) is 0.418. The molecule has 0 unspecified atom stereocenters. The van der Waals surface area contributed by atoms with Crippen molar-refractivity contribution in [3.63, 3.8) is 0 Å². The van der Waals surface area contributed by atoms with Gasteiger partial charge in [0.05, 0.1) is 12.2 Å². The van der Waals surface area contributed by atoms with Crippen LogP contribution in [0.1, 0.15) is 41.4 Å². The third-order valence-electron chi connectivity index (χ3n) is 7.05. The first-order chi connectivity index (χ1) is 17.5. The van der Waals surface area contributed by atoms with Gasteiger partial charge in [-0.3, -0.25) is 14.6 Å². The summed E-state index contributed by atoms with van der Waals surface area (Å²) < 4.78 is 5.91. The van der Waals surface area contributed by atoms with E-state index >= 15 is 0 Å². The van der Waals surface area contributed by atoms with Crippen LogP contribution in [-0.2, 0) is 11.3 Å². The Balaban J connectivity index is 1.18. The van der Waals surface area contributed by atoms with Gasteiger partial charge >= 0.3 is 0 Å². The monoisotopic (exact) mass is 482 g/mol. The van der Waals surface area contributed by atoms with Gasteiger partial charge in [0.2, 0.25) is 11.8 Å². The lowest BCUT2D eigenvalue weighted by atomic mass is 9.84. The maximum Gasteiger partial charge on any atom is 0.253 e. The maximum absolute atomic E-state index is 13.2. The second kappa shape index (κ2) is 10.3. The fraction of sp³-hybridized carbons (Fsp3) is 0.310. The number of carbonyl (C=O) groups is 2. The van der Waals surface area contributed by atoms with E-state index in [2.05, 4.69) is 15.3 Å². The first-order valence-electron chi connectivity index (χ1n) is 12.4. The predicted molar refractivity (Wildman–Crippen MR) is 138 cm³/mol. The Morgan fingerprint density at radius 1 is 1.08 bits per heavy atom. The van der Waals surface area contributed by atoms with Crippen LogP contribution in [0.5, 0.6) is 0 Å². The van der Waals surface area contributed by atoms with E-state index in [9.17, 15) is 9.59 Å². The lowest BCUT2D eigenvalue weighted by Gasteiger charge is -2.34. The molecule has 0 aliphatic carbocycles. The van der Waals surface area contributed by atoms with Crippen molar-refractivity contribution >= 4 is 22.9 Å².